The highest BCUT2D eigenvalue weighted by Gasteiger charge is 2.05. The van der Waals surface area contributed by atoms with Gasteiger partial charge in [0, 0.05) is 5.69 Å². The number of hydrogen-bond acceptors (Lipinski definition) is 2. The maximum atomic E-state index is 13.6. The van der Waals surface area contributed by atoms with E-state index in [1.165, 1.54) is 6.07 Å². The third kappa shape index (κ3) is 2.94. The molecule has 1 N–H and O–H groups in total. The van der Waals surface area contributed by atoms with Crippen molar-refractivity contribution in [2.24, 2.45) is 0 Å². The topological polar surface area (TPSA) is 24.9 Å². The van der Waals surface area contributed by atoms with Crippen molar-refractivity contribution in [2.75, 3.05) is 5.32 Å². The number of hydrogen-bond donors (Lipinski definition) is 1. The molecular weight excluding hydrogens is 239 g/mol. The second-order valence-electron chi connectivity index (χ2n) is 3.73. The lowest BCUT2D eigenvalue weighted by molar-refractivity contribution is 0.630. The number of nitrogens with one attached hydrogen (secondary N) is 1. The van der Waals surface area contributed by atoms with E-state index in [2.05, 4.69) is 10.3 Å². The standard InChI is InChI=1S/C13H12ClFN2/c1-9-4-2-5-10(17-9)8-16-12-7-3-6-11(14)13(12)15/h2-7,16H,8H2,1H3. The van der Waals surface area contributed by atoms with Crippen molar-refractivity contribution in [1.29, 1.82) is 0 Å². The van der Waals surface area contributed by atoms with Gasteiger partial charge in [-0.25, -0.2) is 4.39 Å². The summed E-state index contributed by atoms with van der Waals surface area (Å²) in [5, 5.41) is 3.09. The average molecular weight is 251 g/mol. The quantitative estimate of drug-likeness (QED) is 0.896. The number of halogens is 2. The molecule has 4 heteroatoms. The van der Waals surface area contributed by atoms with Gasteiger partial charge in [-0.1, -0.05) is 23.7 Å². The van der Waals surface area contributed by atoms with Crippen LogP contribution in [-0.2, 0) is 6.54 Å². The number of pyridine rings is 1. The number of benzene rings is 1. The molecule has 0 spiro atoms. The molecule has 0 radical (unpaired) electrons. The Kier molecular flexibility index (Phi) is 3.59. The van der Waals surface area contributed by atoms with Gasteiger partial charge < -0.3 is 5.32 Å². The van der Waals surface area contributed by atoms with E-state index in [0.29, 0.717) is 12.2 Å². The van der Waals surface area contributed by atoms with Gasteiger partial charge in [0.1, 0.15) is 0 Å². The average Bonchev–Trinajstić information content (AvgIpc) is 2.31. The monoisotopic (exact) mass is 250 g/mol. The van der Waals surface area contributed by atoms with Gasteiger partial charge in [-0.3, -0.25) is 4.98 Å². The normalized spacial score (nSPS) is 10.3. The third-order valence-electron chi connectivity index (χ3n) is 2.36. The van der Waals surface area contributed by atoms with Crippen LogP contribution in [0.3, 0.4) is 0 Å². The second-order valence-corrected chi connectivity index (χ2v) is 4.13. The first-order valence-electron chi connectivity index (χ1n) is 5.27. The minimum Gasteiger partial charge on any atom is -0.377 e. The minimum absolute atomic E-state index is 0.118. The van der Waals surface area contributed by atoms with Gasteiger partial charge in [-0.2, -0.15) is 0 Å². The van der Waals surface area contributed by atoms with Crippen LogP contribution in [0.1, 0.15) is 11.4 Å². The number of rotatable bonds is 3. The summed E-state index contributed by atoms with van der Waals surface area (Å²) in [5.74, 6) is -0.429. The van der Waals surface area contributed by atoms with Crippen LogP contribution in [0, 0.1) is 12.7 Å². The predicted octanol–water partition coefficient (Wildman–Crippen LogP) is 3.79. The van der Waals surface area contributed by atoms with E-state index in [-0.39, 0.29) is 5.02 Å². The zero-order valence-corrected chi connectivity index (χ0v) is 10.1. The Morgan fingerprint density at radius 3 is 2.76 bits per heavy atom. The minimum atomic E-state index is -0.429. The van der Waals surface area contributed by atoms with Crippen molar-refractivity contribution in [1.82, 2.24) is 4.98 Å². The van der Waals surface area contributed by atoms with Crippen molar-refractivity contribution >= 4 is 17.3 Å². The van der Waals surface area contributed by atoms with Gasteiger partial charge in [0.05, 0.1) is 22.9 Å². The largest absolute Gasteiger partial charge is 0.377 e. The molecule has 0 fully saturated rings. The smallest absolute Gasteiger partial charge is 0.164 e. The molecule has 2 nitrogen and oxygen atoms in total. The van der Waals surface area contributed by atoms with E-state index in [1.807, 2.05) is 25.1 Å². The van der Waals surface area contributed by atoms with Crippen molar-refractivity contribution in [2.45, 2.75) is 13.5 Å². The van der Waals surface area contributed by atoms with Crippen LogP contribution in [-0.4, -0.2) is 4.98 Å². The molecular formula is C13H12ClFN2. The number of nitrogens with zero attached hydrogens (tertiary/aromatic N) is 1. The van der Waals surface area contributed by atoms with Crippen LogP contribution in [0.15, 0.2) is 36.4 Å². The highest BCUT2D eigenvalue weighted by atomic mass is 35.5. The summed E-state index contributed by atoms with van der Waals surface area (Å²) in [4.78, 5) is 4.32. The Balaban J connectivity index is 2.10. The molecule has 17 heavy (non-hydrogen) atoms. The first-order chi connectivity index (χ1) is 8.16. The zero-order valence-electron chi connectivity index (χ0n) is 9.37. The fourth-order valence-corrected chi connectivity index (χ4v) is 1.70. The molecule has 2 aromatic rings. The molecule has 0 atom stereocenters. The first kappa shape index (κ1) is 11.9. The molecule has 1 aromatic heterocycles. The van der Waals surface area contributed by atoms with Gasteiger partial charge in [0.15, 0.2) is 5.82 Å². The summed E-state index contributed by atoms with van der Waals surface area (Å²) >= 11 is 5.69. The van der Waals surface area contributed by atoms with E-state index in [4.69, 9.17) is 11.6 Å². The van der Waals surface area contributed by atoms with E-state index in [9.17, 15) is 4.39 Å². The SMILES string of the molecule is Cc1cccc(CNc2cccc(Cl)c2F)n1. The lowest BCUT2D eigenvalue weighted by Gasteiger charge is -2.08. The van der Waals surface area contributed by atoms with Crippen LogP contribution in [0.25, 0.3) is 0 Å². The molecule has 0 amide bonds. The van der Waals surface area contributed by atoms with Crippen LogP contribution in [0.2, 0.25) is 5.02 Å². The number of anilines is 1. The van der Waals surface area contributed by atoms with Gasteiger partial charge in [-0.05, 0) is 31.2 Å². The molecule has 88 valence electrons. The van der Waals surface area contributed by atoms with Gasteiger partial charge in [0.2, 0.25) is 0 Å². The van der Waals surface area contributed by atoms with Crippen LogP contribution in [0.5, 0.6) is 0 Å². The lowest BCUT2D eigenvalue weighted by Crippen LogP contribution is -2.03. The summed E-state index contributed by atoms with van der Waals surface area (Å²) in [6.45, 7) is 2.39. The zero-order chi connectivity index (χ0) is 12.3. The first-order valence-corrected chi connectivity index (χ1v) is 5.65. The fraction of sp³-hybridized carbons (Fsp3) is 0.154. The van der Waals surface area contributed by atoms with Crippen LogP contribution in [0.4, 0.5) is 10.1 Å². The second kappa shape index (κ2) is 5.15. The van der Waals surface area contributed by atoms with Crippen molar-refractivity contribution < 1.29 is 4.39 Å². The maximum absolute atomic E-state index is 13.6. The van der Waals surface area contributed by atoms with Gasteiger partial charge in [-0.15, -0.1) is 0 Å². The summed E-state index contributed by atoms with van der Waals surface area (Å²) in [5.41, 5.74) is 2.20. The molecule has 1 heterocycles. The number of aryl methyl sites for hydroxylation is 1. The Bertz CT molecular complexity index is 529. The van der Waals surface area contributed by atoms with Crippen LogP contribution >= 0.6 is 11.6 Å². The maximum Gasteiger partial charge on any atom is 0.164 e. The molecule has 0 unspecified atom stereocenters. The Labute approximate surface area is 104 Å². The third-order valence-corrected chi connectivity index (χ3v) is 2.65. The molecule has 1 aromatic carbocycles. The Hall–Kier alpha value is -1.61. The highest BCUT2D eigenvalue weighted by molar-refractivity contribution is 6.31. The summed E-state index contributed by atoms with van der Waals surface area (Å²) in [6.07, 6.45) is 0. The lowest BCUT2D eigenvalue weighted by atomic mass is 10.2. The summed E-state index contributed by atoms with van der Waals surface area (Å²) < 4.78 is 13.6. The van der Waals surface area contributed by atoms with Gasteiger partial charge in [0.25, 0.3) is 0 Å². The highest BCUT2D eigenvalue weighted by Crippen LogP contribution is 2.22. The Morgan fingerprint density at radius 2 is 2.00 bits per heavy atom. The predicted molar refractivity (Wildman–Crippen MR) is 67.7 cm³/mol. The molecule has 2 rings (SSSR count). The molecule has 0 bridgehead atoms. The van der Waals surface area contributed by atoms with E-state index in [1.54, 1.807) is 12.1 Å². The van der Waals surface area contributed by atoms with Crippen molar-refractivity contribution in [3.63, 3.8) is 0 Å². The Morgan fingerprint density at radius 1 is 1.24 bits per heavy atom. The van der Waals surface area contributed by atoms with E-state index >= 15 is 0 Å². The summed E-state index contributed by atoms with van der Waals surface area (Å²) in [6, 6.07) is 10.6. The molecule has 0 aliphatic heterocycles. The van der Waals surface area contributed by atoms with Gasteiger partial charge >= 0.3 is 0 Å². The number of aromatic nitrogens is 1. The molecule has 0 aliphatic carbocycles. The van der Waals surface area contributed by atoms with Crippen LogP contribution < -0.4 is 5.32 Å². The van der Waals surface area contributed by atoms with E-state index in [0.717, 1.165) is 11.4 Å². The van der Waals surface area contributed by atoms with E-state index < -0.39 is 5.82 Å². The molecule has 0 saturated heterocycles. The molecule has 0 aliphatic rings. The van der Waals surface area contributed by atoms with Crippen molar-refractivity contribution in [3.8, 4) is 0 Å². The van der Waals surface area contributed by atoms with Crippen molar-refractivity contribution in [3.05, 3.63) is 58.6 Å². The summed E-state index contributed by atoms with van der Waals surface area (Å²) in [7, 11) is 0. The fourth-order valence-electron chi connectivity index (χ4n) is 1.52. The molecule has 0 saturated carbocycles.